The highest BCUT2D eigenvalue weighted by atomic mass is 16.4. The number of para-hydroxylation sites is 1. The summed E-state index contributed by atoms with van der Waals surface area (Å²) >= 11 is 0. The molecule has 0 saturated heterocycles. The number of carboxylic acid groups (broad SMARTS) is 1. The first-order valence-electron chi connectivity index (χ1n) is 9.47. The third-order valence-corrected chi connectivity index (χ3v) is 5.03. The number of fused-ring (bicyclic) bond motifs is 1. The Morgan fingerprint density at radius 1 is 1.07 bits per heavy atom. The molecule has 7 nitrogen and oxygen atoms in total. The quantitative estimate of drug-likeness (QED) is 0.528. The third kappa shape index (κ3) is 3.41. The van der Waals surface area contributed by atoms with Crippen molar-refractivity contribution in [3.8, 4) is 11.4 Å². The van der Waals surface area contributed by atoms with Crippen LogP contribution in [0.4, 0.5) is 5.82 Å². The highest BCUT2D eigenvalue weighted by Crippen LogP contribution is 2.27. The summed E-state index contributed by atoms with van der Waals surface area (Å²) in [5, 5.41) is 13.1. The third-order valence-electron chi connectivity index (χ3n) is 5.03. The van der Waals surface area contributed by atoms with E-state index in [9.17, 15) is 14.7 Å². The number of carboxylic acids is 1. The van der Waals surface area contributed by atoms with E-state index in [2.05, 4.69) is 10.3 Å². The molecular weight excluding hydrogens is 380 g/mol. The van der Waals surface area contributed by atoms with Crippen molar-refractivity contribution in [2.45, 2.75) is 13.0 Å². The van der Waals surface area contributed by atoms with Gasteiger partial charge in [0.2, 0.25) is 0 Å². The van der Waals surface area contributed by atoms with Crippen molar-refractivity contribution in [2.24, 2.45) is 7.05 Å². The predicted molar refractivity (Wildman–Crippen MR) is 116 cm³/mol. The van der Waals surface area contributed by atoms with Gasteiger partial charge in [0.15, 0.2) is 0 Å². The number of nitrogens with zero attached hydrogens (tertiary/aromatic N) is 3. The van der Waals surface area contributed by atoms with Gasteiger partial charge in [0.25, 0.3) is 5.56 Å². The van der Waals surface area contributed by atoms with Crippen molar-refractivity contribution in [2.75, 3.05) is 5.32 Å². The van der Waals surface area contributed by atoms with Crippen LogP contribution in [0, 0.1) is 0 Å². The number of hydrogen-bond donors (Lipinski definition) is 2. The molecule has 0 unspecified atom stereocenters. The standard InChI is InChI=1S/C23H20N4O3/c1-14(25-20-18(23(29)30)12-7-13-24-20)16-10-6-11-17-19(16)26-21(27(2)22(17)28)15-8-4-3-5-9-15/h3-14H,1-2H3,(H,24,25)(H,29,30)/t14-/m1/s1. The van der Waals surface area contributed by atoms with E-state index in [1.807, 2.05) is 43.3 Å². The molecule has 150 valence electrons. The fourth-order valence-corrected chi connectivity index (χ4v) is 3.49. The number of benzene rings is 2. The Morgan fingerprint density at radius 3 is 2.57 bits per heavy atom. The fraction of sp³-hybridized carbons (Fsp3) is 0.130. The number of anilines is 1. The first kappa shape index (κ1) is 19.3. The first-order valence-corrected chi connectivity index (χ1v) is 9.47. The molecule has 2 N–H and O–H groups in total. The van der Waals surface area contributed by atoms with Crippen LogP contribution in [0.15, 0.2) is 71.7 Å². The van der Waals surface area contributed by atoms with Crippen molar-refractivity contribution >= 4 is 22.7 Å². The molecule has 7 heteroatoms. The van der Waals surface area contributed by atoms with Crippen molar-refractivity contribution in [3.05, 3.63) is 88.3 Å². The molecule has 2 heterocycles. The second-order valence-corrected chi connectivity index (χ2v) is 6.98. The lowest BCUT2D eigenvalue weighted by Gasteiger charge is -2.19. The zero-order valence-corrected chi connectivity index (χ0v) is 16.5. The maximum atomic E-state index is 13.0. The Kier molecular flexibility index (Phi) is 5.02. The normalized spacial score (nSPS) is 11.9. The molecule has 4 aromatic rings. The molecule has 0 aliphatic heterocycles. The fourth-order valence-electron chi connectivity index (χ4n) is 3.49. The van der Waals surface area contributed by atoms with Gasteiger partial charge in [-0.2, -0.15) is 0 Å². The van der Waals surface area contributed by atoms with Gasteiger partial charge in [-0.25, -0.2) is 14.8 Å². The van der Waals surface area contributed by atoms with Crippen molar-refractivity contribution in [1.82, 2.24) is 14.5 Å². The first-order chi connectivity index (χ1) is 14.5. The Morgan fingerprint density at radius 2 is 1.83 bits per heavy atom. The molecule has 0 saturated carbocycles. The summed E-state index contributed by atoms with van der Waals surface area (Å²) < 4.78 is 1.54. The number of carbonyl (C=O) groups is 1. The lowest BCUT2D eigenvalue weighted by Crippen LogP contribution is -2.21. The van der Waals surface area contributed by atoms with E-state index < -0.39 is 5.97 Å². The Labute approximate surface area is 172 Å². The highest BCUT2D eigenvalue weighted by Gasteiger charge is 2.18. The summed E-state index contributed by atoms with van der Waals surface area (Å²) in [7, 11) is 1.71. The summed E-state index contributed by atoms with van der Waals surface area (Å²) in [6.07, 6.45) is 1.53. The largest absolute Gasteiger partial charge is 0.478 e. The highest BCUT2D eigenvalue weighted by molar-refractivity contribution is 5.93. The van der Waals surface area contributed by atoms with E-state index in [1.54, 1.807) is 29.8 Å². The summed E-state index contributed by atoms with van der Waals surface area (Å²) in [5.41, 5.74) is 2.14. The van der Waals surface area contributed by atoms with Gasteiger partial charge >= 0.3 is 5.97 Å². The summed E-state index contributed by atoms with van der Waals surface area (Å²) in [4.78, 5) is 33.5. The van der Waals surface area contributed by atoms with E-state index in [1.165, 1.54) is 12.3 Å². The zero-order chi connectivity index (χ0) is 21.3. The number of rotatable bonds is 5. The number of aromatic carboxylic acids is 1. The molecule has 2 aromatic heterocycles. The van der Waals surface area contributed by atoms with Crippen molar-refractivity contribution < 1.29 is 9.90 Å². The summed E-state index contributed by atoms with van der Waals surface area (Å²) in [5.74, 6) is -0.229. The van der Waals surface area contributed by atoms with Crippen LogP contribution in [0.5, 0.6) is 0 Å². The molecule has 0 bridgehead atoms. The van der Waals surface area contributed by atoms with Gasteiger partial charge in [-0.05, 0) is 25.1 Å². The minimum absolute atomic E-state index is 0.0819. The van der Waals surface area contributed by atoms with Crippen LogP contribution in [0.1, 0.15) is 28.9 Å². The van der Waals surface area contributed by atoms with Gasteiger partial charge in [0.1, 0.15) is 17.2 Å². The van der Waals surface area contributed by atoms with E-state index in [4.69, 9.17) is 4.98 Å². The molecule has 0 amide bonds. The van der Waals surface area contributed by atoms with Gasteiger partial charge in [0, 0.05) is 24.4 Å². The molecule has 1 atom stereocenters. The smallest absolute Gasteiger partial charge is 0.339 e. The lowest BCUT2D eigenvalue weighted by atomic mass is 10.0. The maximum absolute atomic E-state index is 13.0. The minimum atomic E-state index is -1.06. The molecule has 0 aliphatic rings. The monoisotopic (exact) mass is 400 g/mol. The molecular formula is C23H20N4O3. The summed E-state index contributed by atoms with van der Waals surface area (Å²) in [6, 6.07) is 17.7. The number of nitrogens with one attached hydrogen (secondary N) is 1. The van der Waals surface area contributed by atoms with E-state index in [0.717, 1.165) is 11.1 Å². The van der Waals surface area contributed by atoms with Crippen LogP contribution in [0.2, 0.25) is 0 Å². The van der Waals surface area contributed by atoms with Crippen LogP contribution in [0.25, 0.3) is 22.3 Å². The summed E-state index contributed by atoms with van der Waals surface area (Å²) in [6.45, 7) is 1.89. The predicted octanol–water partition coefficient (Wildman–Crippen LogP) is 3.87. The van der Waals surface area contributed by atoms with Crippen LogP contribution in [0.3, 0.4) is 0 Å². The van der Waals surface area contributed by atoms with Gasteiger partial charge in [0.05, 0.1) is 16.9 Å². The second kappa shape index (κ2) is 7.79. The number of pyridine rings is 1. The van der Waals surface area contributed by atoms with E-state index >= 15 is 0 Å². The molecule has 4 rings (SSSR count). The molecule has 0 radical (unpaired) electrons. The Hall–Kier alpha value is -4.00. The van der Waals surface area contributed by atoms with Gasteiger partial charge in [-0.3, -0.25) is 9.36 Å². The van der Waals surface area contributed by atoms with Crippen LogP contribution in [-0.2, 0) is 7.05 Å². The van der Waals surface area contributed by atoms with Crippen LogP contribution in [-0.4, -0.2) is 25.6 Å². The average Bonchev–Trinajstić information content (AvgIpc) is 2.76. The number of aromatic nitrogens is 3. The van der Waals surface area contributed by atoms with Crippen LogP contribution < -0.4 is 10.9 Å². The van der Waals surface area contributed by atoms with Gasteiger partial charge in [-0.15, -0.1) is 0 Å². The topological polar surface area (TPSA) is 97.1 Å². The van der Waals surface area contributed by atoms with E-state index in [-0.39, 0.29) is 23.0 Å². The molecule has 0 aliphatic carbocycles. The van der Waals surface area contributed by atoms with Crippen molar-refractivity contribution in [1.29, 1.82) is 0 Å². The zero-order valence-electron chi connectivity index (χ0n) is 16.5. The minimum Gasteiger partial charge on any atom is -0.478 e. The molecule has 30 heavy (non-hydrogen) atoms. The number of hydrogen-bond acceptors (Lipinski definition) is 5. The maximum Gasteiger partial charge on any atom is 0.339 e. The van der Waals surface area contributed by atoms with Crippen LogP contribution >= 0.6 is 0 Å². The Balaban J connectivity index is 1.85. The second-order valence-electron chi connectivity index (χ2n) is 6.98. The van der Waals surface area contributed by atoms with E-state index in [0.29, 0.717) is 16.7 Å². The Bertz CT molecular complexity index is 1300. The van der Waals surface area contributed by atoms with Crippen molar-refractivity contribution in [3.63, 3.8) is 0 Å². The molecule has 0 fully saturated rings. The van der Waals surface area contributed by atoms with Gasteiger partial charge in [-0.1, -0.05) is 42.5 Å². The molecule has 2 aromatic carbocycles. The lowest BCUT2D eigenvalue weighted by molar-refractivity contribution is 0.0697. The average molecular weight is 400 g/mol. The van der Waals surface area contributed by atoms with Gasteiger partial charge < -0.3 is 10.4 Å². The molecule has 0 spiro atoms. The SMILES string of the molecule is C[C@@H](Nc1ncccc1C(=O)O)c1cccc2c(=O)n(C)c(-c3ccccc3)nc12.